The van der Waals surface area contributed by atoms with Gasteiger partial charge in [-0.25, -0.2) is 0 Å². The van der Waals surface area contributed by atoms with Gasteiger partial charge in [0.2, 0.25) is 0 Å². The molecule has 0 aliphatic carbocycles. The van der Waals surface area contributed by atoms with Crippen molar-refractivity contribution in [2.45, 2.75) is 26.0 Å². The minimum Gasteiger partial charge on any atom is -1.00 e. The molecular formula is C4H13MgNO. The number of hydrogen-bond donors (Lipinski definition) is 2. The van der Waals surface area contributed by atoms with Gasteiger partial charge in [-0.2, -0.15) is 0 Å². The second-order valence-corrected chi connectivity index (χ2v) is 1.71. The van der Waals surface area contributed by atoms with Crippen molar-refractivity contribution in [3.8, 4) is 0 Å². The summed E-state index contributed by atoms with van der Waals surface area (Å²) in [6, 6.07) is 0. The van der Waals surface area contributed by atoms with E-state index in [2.05, 4.69) is 0 Å². The second-order valence-electron chi connectivity index (χ2n) is 1.71. The van der Waals surface area contributed by atoms with Gasteiger partial charge in [0.05, 0.1) is 0 Å². The molecule has 0 saturated heterocycles. The van der Waals surface area contributed by atoms with Crippen molar-refractivity contribution in [2.24, 2.45) is 5.73 Å². The summed E-state index contributed by atoms with van der Waals surface area (Å²) in [7, 11) is 0. The van der Waals surface area contributed by atoms with Crippen LogP contribution in [0.4, 0.5) is 0 Å². The van der Waals surface area contributed by atoms with E-state index in [1.54, 1.807) is 6.92 Å². The van der Waals surface area contributed by atoms with Crippen LogP contribution in [0.1, 0.15) is 23.1 Å². The molecule has 0 aliphatic rings. The fraction of sp³-hybridized carbons (Fsp3) is 1.00. The van der Waals surface area contributed by atoms with Gasteiger partial charge in [0, 0.05) is 0 Å². The van der Waals surface area contributed by atoms with Crippen molar-refractivity contribution >= 4 is 23.1 Å². The molecule has 0 fully saturated rings. The first-order chi connectivity index (χ1) is 2.56. The van der Waals surface area contributed by atoms with E-state index in [1.807, 2.05) is 6.92 Å². The van der Waals surface area contributed by atoms with Crippen LogP contribution in [0.15, 0.2) is 0 Å². The van der Waals surface area contributed by atoms with Crippen molar-refractivity contribution in [2.75, 3.05) is 0 Å². The predicted octanol–water partition coefficient (Wildman–Crippen LogP) is -0.0922. The molecule has 1 atom stereocenters. The third kappa shape index (κ3) is 10.8. The van der Waals surface area contributed by atoms with E-state index < -0.39 is 5.72 Å². The maximum atomic E-state index is 8.60. The molecule has 0 amide bonds. The second kappa shape index (κ2) is 3.66. The number of nitrogens with two attached hydrogens (primary N) is 1. The first-order valence-corrected chi connectivity index (χ1v) is 2.07. The van der Waals surface area contributed by atoms with Gasteiger partial charge in [-0.15, -0.1) is 0 Å². The zero-order chi connectivity index (χ0) is 5.21. The number of rotatable bonds is 1. The standard InChI is InChI=1S/C4H11NO.Mg.2H/c1-3-4(2,5)6;;;/h6H,3,5H2,1-2H3;;;/q;+2;2*-1. The molecule has 0 aliphatic heterocycles. The van der Waals surface area contributed by atoms with Crippen LogP contribution in [0.5, 0.6) is 0 Å². The van der Waals surface area contributed by atoms with Gasteiger partial charge in [0.1, 0.15) is 5.72 Å². The Bertz CT molecular complexity index is 48.3. The molecule has 3 N–H and O–H groups in total. The van der Waals surface area contributed by atoms with Crippen molar-refractivity contribution in [3.63, 3.8) is 0 Å². The average Bonchev–Trinajstić information content (AvgIpc) is 1.35. The van der Waals surface area contributed by atoms with Crippen LogP contribution in [0.3, 0.4) is 0 Å². The van der Waals surface area contributed by atoms with Crippen molar-refractivity contribution in [1.82, 2.24) is 0 Å². The Hall–Kier alpha value is 0.686. The molecule has 0 bridgehead atoms. The Kier molecular flexibility index (Phi) is 5.56. The molecule has 0 aromatic carbocycles. The van der Waals surface area contributed by atoms with Gasteiger partial charge in [0.25, 0.3) is 0 Å². The number of aliphatic hydroxyl groups is 1. The van der Waals surface area contributed by atoms with Crippen LogP contribution in [0.25, 0.3) is 0 Å². The van der Waals surface area contributed by atoms with Gasteiger partial charge >= 0.3 is 23.1 Å². The normalized spacial score (nSPS) is 17.1. The molecule has 0 saturated carbocycles. The SMILES string of the molecule is CCC(C)(N)O.[H-].[H-].[Mg+2]. The van der Waals surface area contributed by atoms with Gasteiger partial charge in [-0.1, -0.05) is 6.92 Å². The molecule has 0 spiro atoms. The Balaban J connectivity index is -0.0000000417. The summed E-state index contributed by atoms with van der Waals surface area (Å²) >= 11 is 0. The maximum Gasteiger partial charge on any atom is 2.00 e. The summed E-state index contributed by atoms with van der Waals surface area (Å²) in [6.07, 6.45) is 0.604. The number of hydrogen-bond acceptors (Lipinski definition) is 2. The Morgan fingerprint density at radius 3 is 2.00 bits per heavy atom. The molecule has 2 nitrogen and oxygen atoms in total. The first kappa shape index (κ1) is 10.6. The zero-order valence-corrected chi connectivity index (χ0v) is 6.35. The summed E-state index contributed by atoms with van der Waals surface area (Å²) in [5.74, 6) is 0. The van der Waals surface area contributed by atoms with E-state index >= 15 is 0 Å². The van der Waals surface area contributed by atoms with Crippen molar-refractivity contribution < 1.29 is 7.96 Å². The molecule has 42 valence electrons. The monoisotopic (exact) mass is 115 g/mol. The molecule has 0 rings (SSSR count). The van der Waals surface area contributed by atoms with Gasteiger partial charge in [-0.3, -0.25) is 0 Å². The van der Waals surface area contributed by atoms with E-state index in [9.17, 15) is 0 Å². The minimum absolute atomic E-state index is 0. The predicted molar refractivity (Wildman–Crippen MR) is 33.1 cm³/mol. The van der Waals surface area contributed by atoms with Crippen LogP contribution in [-0.2, 0) is 0 Å². The summed E-state index contributed by atoms with van der Waals surface area (Å²) in [5.41, 5.74) is 4.13. The van der Waals surface area contributed by atoms with Crippen LogP contribution in [0.2, 0.25) is 0 Å². The Morgan fingerprint density at radius 1 is 1.86 bits per heavy atom. The van der Waals surface area contributed by atoms with E-state index in [4.69, 9.17) is 10.8 Å². The summed E-state index contributed by atoms with van der Waals surface area (Å²) in [5, 5.41) is 8.60. The van der Waals surface area contributed by atoms with Gasteiger partial charge in [0.15, 0.2) is 0 Å². The van der Waals surface area contributed by atoms with E-state index in [-0.39, 0.29) is 25.9 Å². The average molecular weight is 115 g/mol. The summed E-state index contributed by atoms with van der Waals surface area (Å²) in [6.45, 7) is 3.41. The van der Waals surface area contributed by atoms with Crippen molar-refractivity contribution in [1.29, 1.82) is 0 Å². The molecule has 0 heterocycles. The quantitative estimate of drug-likeness (QED) is 0.371. The van der Waals surface area contributed by atoms with E-state index in [0.29, 0.717) is 6.42 Å². The molecular weight excluding hydrogens is 102 g/mol. The maximum absolute atomic E-state index is 8.60. The van der Waals surface area contributed by atoms with Gasteiger partial charge < -0.3 is 13.7 Å². The molecule has 7 heavy (non-hydrogen) atoms. The first-order valence-electron chi connectivity index (χ1n) is 2.07. The fourth-order valence-electron chi connectivity index (χ4n) is 0. The third-order valence-corrected chi connectivity index (χ3v) is 0.716. The Morgan fingerprint density at radius 2 is 2.00 bits per heavy atom. The van der Waals surface area contributed by atoms with Crippen LogP contribution in [-0.4, -0.2) is 33.9 Å². The Labute approximate surface area is 63.2 Å². The molecule has 0 aromatic heterocycles. The topological polar surface area (TPSA) is 46.2 Å². The minimum atomic E-state index is -0.958. The smallest absolute Gasteiger partial charge is 1.00 e. The molecule has 1 unspecified atom stereocenters. The van der Waals surface area contributed by atoms with Crippen molar-refractivity contribution in [3.05, 3.63) is 0 Å². The summed E-state index contributed by atoms with van der Waals surface area (Å²) < 4.78 is 0. The third-order valence-electron chi connectivity index (χ3n) is 0.716. The molecule has 0 aromatic rings. The summed E-state index contributed by atoms with van der Waals surface area (Å²) in [4.78, 5) is 0. The largest absolute Gasteiger partial charge is 2.00 e. The van der Waals surface area contributed by atoms with Crippen LogP contribution >= 0.6 is 0 Å². The van der Waals surface area contributed by atoms with Crippen LogP contribution in [0, 0.1) is 0 Å². The molecule has 3 heteroatoms. The zero-order valence-electron chi connectivity index (χ0n) is 6.94. The van der Waals surface area contributed by atoms with E-state index in [1.165, 1.54) is 0 Å². The molecule has 0 radical (unpaired) electrons. The van der Waals surface area contributed by atoms with Crippen LogP contribution < -0.4 is 5.73 Å². The van der Waals surface area contributed by atoms with E-state index in [0.717, 1.165) is 0 Å². The van der Waals surface area contributed by atoms with Gasteiger partial charge in [-0.05, 0) is 13.3 Å². The fourth-order valence-corrected chi connectivity index (χ4v) is 0.